The zero-order valence-corrected chi connectivity index (χ0v) is 10.1. The number of hydrogen-bond acceptors (Lipinski definition) is 2. The SMILES string of the molecule is N[C@@H]1C2c3ccccc3C(c3ccccc32)[C@H]1N. The minimum Gasteiger partial charge on any atom is -0.326 e. The lowest BCUT2D eigenvalue weighted by molar-refractivity contribution is 0.385. The molecular weight excluding hydrogens is 220 g/mol. The van der Waals surface area contributed by atoms with Crippen LogP contribution in [0.1, 0.15) is 34.1 Å². The fourth-order valence-corrected chi connectivity index (χ4v) is 3.76. The normalized spacial score (nSPS) is 31.9. The third kappa shape index (κ3) is 1.10. The summed E-state index contributed by atoms with van der Waals surface area (Å²) in [5.74, 6) is 0.523. The fraction of sp³-hybridized carbons (Fsp3) is 0.250. The van der Waals surface area contributed by atoms with Crippen molar-refractivity contribution in [1.29, 1.82) is 0 Å². The molecule has 0 saturated heterocycles. The second kappa shape index (κ2) is 3.44. The lowest BCUT2D eigenvalue weighted by atomic mass is 9.60. The summed E-state index contributed by atoms with van der Waals surface area (Å²) in [4.78, 5) is 0. The van der Waals surface area contributed by atoms with E-state index in [0.717, 1.165) is 0 Å². The summed E-state index contributed by atoms with van der Waals surface area (Å²) >= 11 is 0. The predicted octanol–water partition coefficient (Wildman–Crippen LogP) is 1.93. The molecule has 0 heterocycles. The molecule has 0 saturated carbocycles. The molecule has 2 aromatic carbocycles. The predicted molar refractivity (Wildman–Crippen MR) is 72.5 cm³/mol. The Labute approximate surface area is 107 Å². The van der Waals surface area contributed by atoms with Gasteiger partial charge in [-0.25, -0.2) is 0 Å². The molecule has 2 heteroatoms. The molecule has 18 heavy (non-hydrogen) atoms. The molecule has 2 bridgehead atoms. The zero-order valence-electron chi connectivity index (χ0n) is 10.1. The van der Waals surface area contributed by atoms with E-state index >= 15 is 0 Å². The van der Waals surface area contributed by atoms with E-state index in [1.165, 1.54) is 22.3 Å². The van der Waals surface area contributed by atoms with Crippen molar-refractivity contribution >= 4 is 0 Å². The van der Waals surface area contributed by atoms with E-state index in [0.29, 0.717) is 0 Å². The smallest absolute Gasteiger partial charge is 0.0312 e. The third-order valence-electron chi connectivity index (χ3n) is 4.55. The molecule has 4 N–H and O–H groups in total. The van der Waals surface area contributed by atoms with Crippen LogP contribution < -0.4 is 11.5 Å². The van der Waals surface area contributed by atoms with Gasteiger partial charge in [0.05, 0.1) is 0 Å². The van der Waals surface area contributed by atoms with Crippen LogP contribution in [0.2, 0.25) is 0 Å². The van der Waals surface area contributed by atoms with E-state index in [9.17, 15) is 0 Å². The fourth-order valence-electron chi connectivity index (χ4n) is 3.76. The van der Waals surface area contributed by atoms with Crippen LogP contribution in [-0.4, -0.2) is 12.1 Å². The van der Waals surface area contributed by atoms with Gasteiger partial charge < -0.3 is 11.5 Å². The molecule has 2 aromatic rings. The summed E-state index contributed by atoms with van der Waals surface area (Å²) in [6.07, 6.45) is 0. The molecule has 0 aromatic heterocycles. The van der Waals surface area contributed by atoms with E-state index in [2.05, 4.69) is 48.5 Å². The molecule has 90 valence electrons. The minimum atomic E-state index is 0.0276. The summed E-state index contributed by atoms with van der Waals surface area (Å²) in [6.45, 7) is 0. The van der Waals surface area contributed by atoms with Crippen molar-refractivity contribution in [2.24, 2.45) is 11.5 Å². The van der Waals surface area contributed by atoms with Crippen molar-refractivity contribution in [3.8, 4) is 0 Å². The first-order chi connectivity index (χ1) is 8.79. The Morgan fingerprint density at radius 1 is 0.556 bits per heavy atom. The maximum absolute atomic E-state index is 6.37. The largest absolute Gasteiger partial charge is 0.326 e. The van der Waals surface area contributed by atoms with Gasteiger partial charge in [-0.1, -0.05) is 48.5 Å². The Balaban J connectivity index is 2.06. The monoisotopic (exact) mass is 236 g/mol. The highest BCUT2D eigenvalue weighted by Crippen LogP contribution is 2.51. The van der Waals surface area contributed by atoms with Crippen molar-refractivity contribution in [2.75, 3.05) is 0 Å². The first kappa shape index (κ1) is 10.3. The van der Waals surface area contributed by atoms with E-state index in [-0.39, 0.29) is 23.9 Å². The summed E-state index contributed by atoms with van der Waals surface area (Å²) in [5.41, 5.74) is 18.2. The highest BCUT2D eigenvalue weighted by atomic mass is 14.8. The molecule has 0 aliphatic heterocycles. The molecule has 0 radical (unpaired) electrons. The second-order valence-corrected chi connectivity index (χ2v) is 5.37. The first-order valence-electron chi connectivity index (χ1n) is 6.48. The summed E-state index contributed by atoms with van der Waals surface area (Å²) < 4.78 is 0. The zero-order chi connectivity index (χ0) is 12.3. The van der Waals surface area contributed by atoms with Gasteiger partial charge in [0.1, 0.15) is 0 Å². The molecule has 3 aliphatic rings. The van der Waals surface area contributed by atoms with Crippen molar-refractivity contribution < 1.29 is 0 Å². The Kier molecular flexibility index (Phi) is 1.97. The van der Waals surface area contributed by atoms with E-state index < -0.39 is 0 Å². The van der Waals surface area contributed by atoms with Crippen molar-refractivity contribution in [2.45, 2.75) is 23.9 Å². The van der Waals surface area contributed by atoms with Crippen LogP contribution >= 0.6 is 0 Å². The molecule has 0 unspecified atom stereocenters. The van der Waals surface area contributed by atoms with Crippen LogP contribution in [0.25, 0.3) is 0 Å². The summed E-state index contributed by atoms with van der Waals surface area (Å²) in [6, 6.07) is 17.3. The average Bonchev–Trinajstić information content (AvgIpc) is 2.42. The van der Waals surface area contributed by atoms with Crippen LogP contribution in [-0.2, 0) is 0 Å². The van der Waals surface area contributed by atoms with Crippen molar-refractivity contribution in [3.05, 3.63) is 70.8 Å². The minimum absolute atomic E-state index is 0.0276. The number of benzene rings is 2. The van der Waals surface area contributed by atoms with Crippen molar-refractivity contribution in [3.63, 3.8) is 0 Å². The molecule has 0 amide bonds. The Bertz CT molecular complexity index is 518. The van der Waals surface area contributed by atoms with Gasteiger partial charge in [0.15, 0.2) is 0 Å². The maximum atomic E-state index is 6.37. The maximum Gasteiger partial charge on any atom is 0.0312 e. The highest BCUT2D eigenvalue weighted by Gasteiger charge is 2.46. The quantitative estimate of drug-likeness (QED) is 0.734. The van der Waals surface area contributed by atoms with Crippen LogP contribution in [0.5, 0.6) is 0 Å². The Morgan fingerprint density at radius 3 is 1.11 bits per heavy atom. The second-order valence-electron chi connectivity index (χ2n) is 5.37. The van der Waals surface area contributed by atoms with Crippen LogP contribution in [0.4, 0.5) is 0 Å². The van der Waals surface area contributed by atoms with Gasteiger partial charge in [0, 0.05) is 23.9 Å². The van der Waals surface area contributed by atoms with E-state index in [1.807, 2.05) is 0 Å². The third-order valence-corrected chi connectivity index (χ3v) is 4.55. The molecule has 0 spiro atoms. The highest BCUT2D eigenvalue weighted by molar-refractivity contribution is 5.58. The average molecular weight is 236 g/mol. The standard InChI is InChI=1S/C16H16N2/c17-15-13-9-5-1-2-6-10(9)14(16(15)18)12-8-4-3-7-11(12)13/h1-8,13-16H,17-18H2/t13?,14?,15-,16-/m1/s1. The van der Waals surface area contributed by atoms with E-state index in [4.69, 9.17) is 11.5 Å². The van der Waals surface area contributed by atoms with Gasteiger partial charge in [-0.15, -0.1) is 0 Å². The van der Waals surface area contributed by atoms with Gasteiger partial charge in [0.25, 0.3) is 0 Å². The van der Waals surface area contributed by atoms with Crippen LogP contribution in [0, 0.1) is 0 Å². The lowest BCUT2D eigenvalue weighted by Crippen LogP contribution is -2.56. The molecule has 2 nitrogen and oxygen atoms in total. The summed E-state index contributed by atoms with van der Waals surface area (Å²) in [7, 11) is 0. The number of hydrogen-bond donors (Lipinski definition) is 2. The van der Waals surface area contributed by atoms with Gasteiger partial charge in [-0.2, -0.15) is 0 Å². The molecular formula is C16H16N2. The molecule has 2 atom stereocenters. The van der Waals surface area contributed by atoms with Gasteiger partial charge in [-0.05, 0) is 22.3 Å². The molecule has 0 fully saturated rings. The van der Waals surface area contributed by atoms with Gasteiger partial charge >= 0.3 is 0 Å². The Hall–Kier alpha value is -1.64. The van der Waals surface area contributed by atoms with Gasteiger partial charge in [0.2, 0.25) is 0 Å². The molecule has 5 rings (SSSR count). The van der Waals surface area contributed by atoms with Crippen LogP contribution in [0.3, 0.4) is 0 Å². The number of fused-ring (bicyclic) bond motifs is 1. The lowest BCUT2D eigenvalue weighted by Gasteiger charge is -2.48. The van der Waals surface area contributed by atoms with Gasteiger partial charge in [-0.3, -0.25) is 0 Å². The first-order valence-corrected chi connectivity index (χ1v) is 6.48. The van der Waals surface area contributed by atoms with Crippen LogP contribution in [0.15, 0.2) is 48.5 Å². The topological polar surface area (TPSA) is 52.0 Å². The molecule has 3 aliphatic carbocycles. The Morgan fingerprint density at radius 2 is 0.833 bits per heavy atom. The van der Waals surface area contributed by atoms with E-state index in [1.54, 1.807) is 0 Å². The van der Waals surface area contributed by atoms with Crippen molar-refractivity contribution in [1.82, 2.24) is 0 Å². The number of rotatable bonds is 0. The number of nitrogens with two attached hydrogens (primary N) is 2. The summed E-state index contributed by atoms with van der Waals surface area (Å²) in [5, 5.41) is 0.